The molecule has 1 N–H and O–H groups in total. The van der Waals surface area contributed by atoms with Crippen molar-refractivity contribution in [2.75, 3.05) is 0 Å². The molecule has 1 unspecified atom stereocenters. The number of ketones is 1. The smallest absolute Gasteiger partial charge is 0.312 e. The summed E-state index contributed by atoms with van der Waals surface area (Å²) in [5, 5.41) is 9.55. The lowest BCUT2D eigenvalue weighted by molar-refractivity contribution is -0.139. The molecule has 0 aliphatic carbocycles. The number of hydrogen-bond donors (Lipinski definition) is 1. The number of carbonyl (C=O) groups is 2. The maximum absolute atomic E-state index is 12.9. The lowest BCUT2D eigenvalue weighted by Gasteiger charge is -2.13. The van der Waals surface area contributed by atoms with Gasteiger partial charge in [-0.05, 0) is 43.0 Å². The van der Waals surface area contributed by atoms with Gasteiger partial charge in [0.1, 0.15) is 0 Å². The van der Waals surface area contributed by atoms with Crippen LogP contribution in [-0.2, 0) is 17.8 Å². The number of aliphatic carboxylic acids is 1. The van der Waals surface area contributed by atoms with Crippen LogP contribution in [0.3, 0.4) is 0 Å². The second-order valence-electron chi connectivity index (χ2n) is 6.04. The van der Waals surface area contributed by atoms with Gasteiger partial charge in [-0.3, -0.25) is 9.59 Å². The van der Waals surface area contributed by atoms with E-state index >= 15 is 0 Å². The molecule has 23 heavy (non-hydrogen) atoms. The number of nitrogens with zero attached hydrogens (tertiary/aromatic N) is 1. The van der Waals surface area contributed by atoms with Crippen LogP contribution >= 0.6 is 0 Å². The van der Waals surface area contributed by atoms with E-state index in [1.54, 1.807) is 12.1 Å². The number of carbonyl (C=O) groups excluding carboxylic acids is 1. The van der Waals surface area contributed by atoms with Crippen molar-refractivity contribution >= 4 is 11.8 Å². The van der Waals surface area contributed by atoms with Crippen LogP contribution in [0.25, 0.3) is 0 Å². The highest BCUT2D eigenvalue weighted by atomic mass is 16.4. The van der Waals surface area contributed by atoms with E-state index < -0.39 is 11.9 Å². The quantitative estimate of drug-likeness (QED) is 0.855. The van der Waals surface area contributed by atoms with Gasteiger partial charge in [-0.2, -0.15) is 0 Å². The van der Waals surface area contributed by atoms with Gasteiger partial charge in [0.25, 0.3) is 0 Å². The fourth-order valence-corrected chi connectivity index (χ4v) is 3.43. The Morgan fingerprint density at radius 3 is 2.87 bits per heavy atom. The Morgan fingerprint density at radius 2 is 2.22 bits per heavy atom. The summed E-state index contributed by atoms with van der Waals surface area (Å²) in [7, 11) is 0. The third-order valence-corrected chi connectivity index (χ3v) is 4.47. The van der Waals surface area contributed by atoms with Crippen molar-refractivity contribution in [1.29, 1.82) is 0 Å². The minimum atomic E-state index is -0.814. The summed E-state index contributed by atoms with van der Waals surface area (Å²) in [4.78, 5) is 24.5. The molecule has 3 heterocycles. The molecule has 0 bridgehead atoms. The van der Waals surface area contributed by atoms with E-state index in [1.807, 2.05) is 10.6 Å². The van der Waals surface area contributed by atoms with Crippen molar-refractivity contribution in [3.05, 3.63) is 47.2 Å². The lowest BCUT2D eigenvalue weighted by Crippen LogP contribution is -2.17. The van der Waals surface area contributed by atoms with Crippen LogP contribution in [-0.4, -0.2) is 21.4 Å². The second kappa shape index (κ2) is 6.44. The van der Waals surface area contributed by atoms with Crippen molar-refractivity contribution in [2.24, 2.45) is 0 Å². The summed E-state index contributed by atoms with van der Waals surface area (Å²) in [6.07, 6.45) is 5.51. The highest BCUT2D eigenvalue weighted by molar-refractivity contribution is 6.07. The Labute approximate surface area is 134 Å². The van der Waals surface area contributed by atoms with Gasteiger partial charge < -0.3 is 14.1 Å². The van der Waals surface area contributed by atoms with Gasteiger partial charge in [-0.1, -0.05) is 19.8 Å². The van der Waals surface area contributed by atoms with Crippen LogP contribution in [0.5, 0.6) is 0 Å². The van der Waals surface area contributed by atoms with Crippen LogP contribution in [0.4, 0.5) is 0 Å². The molecule has 3 rings (SSSR count). The molecule has 1 atom stereocenters. The van der Waals surface area contributed by atoms with Gasteiger partial charge in [0.05, 0.1) is 17.9 Å². The van der Waals surface area contributed by atoms with E-state index in [4.69, 9.17) is 4.42 Å². The lowest BCUT2D eigenvalue weighted by atomic mass is 9.99. The number of carboxylic acid groups (broad SMARTS) is 1. The van der Waals surface area contributed by atoms with Gasteiger partial charge >= 0.3 is 5.97 Å². The fourth-order valence-electron chi connectivity index (χ4n) is 3.43. The molecule has 0 amide bonds. The Kier molecular flexibility index (Phi) is 4.37. The first-order valence-corrected chi connectivity index (χ1v) is 8.16. The van der Waals surface area contributed by atoms with E-state index in [9.17, 15) is 14.7 Å². The summed E-state index contributed by atoms with van der Waals surface area (Å²) in [6, 6.07) is 5.27. The third kappa shape index (κ3) is 2.83. The molecule has 5 nitrogen and oxygen atoms in total. The van der Waals surface area contributed by atoms with Crippen LogP contribution in [0, 0.1) is 0 Å². The molecule has 0 fully saturated rings. The highest BCUT2D eigenvalue weighted by Gasteiger charge is 2.31. The van der Waals surface area contributed by atoms with E-state index in [0.29, 0.717) is 24.4 Å². The molecule has 2 aromatic rings. The summed E-state index contributed by atoms with van der Waals surface area (Å²) >= 11 is 0. The summed E-state index contributed by atoms with van der Waals surface area (Å²) in [5.41, 5.74) is 2.29. The molecule has 5 heteroatoms. The number of aromatic nitrogens is 1. The van der Waals surface area contributed by atoms with Crippen LogP contribution in [0.1, 0.15) is 66.0 Å². The molecule has 0 saturated heterocycles. The number of hydrogen-bond acceptors (Lipinski definition) is 3. The summed E-state index contributed by atoms with van der Waals surface area (Å²) in [6.45, 7) is 2.74. The van der Waals surface area contributed by atoms with Crippen LogP contribution in [0.15, 0.2) is 28.9 Å². The van der Waals surface area contributed by atoms with Crippen molar-refractivity contribution in [3.63, 3.8) is 0 Å². The maximum atomic E-state index is 12.9. The number of aryl methyl sites for hydroxylation is 1. The monoisotopic (exact) mass is 315 g/mol. The number of fused-ring (bicyclic) bond motifs is 1. The highest BCUT2D eigenvalue weighted by Crippen LogP contribution is 2.32. The maximum Gasteiger partial charge on any atom is 0.312 e. The van der Waals surface area contributed by atoms with Crippen molar-refractivity contribution < 1.29 is 19.1 Å². The van der Waals surface area contributed by atoms with Gasteiger partial charge in [0.15, 0.2) is 5.76 Å². The number of carboxylic acids is 1. The van der Waals surface area contributed by atoms with E-state index in [0.717, 1.165) is 36.9 Å². The second-order valence-corrected chi connectivity index (χ2v) is 6.04. The molecule has 0 radical (unpaired) electrons. The topological polar surface area (TPSA) is 72.4 Å². The largest absolute Gasteiger partial charge is 0.481 e. The zero-order chi connectivity index (χ0) is 16.4. The van der Waals surface area contributed by atoms with Gasteiger partial charge in [-0.25, -0.2) is 0 Å². The number of rotatable bonds is 5. The fraction of sp³-hybridized carbons (Fsp3) is 0.444. The Balaban J connectivity index is 2.14. The molecule has 122 valence electrons. The Bertz CT molecular complexity index is 712. The minimum Gasteiger partial charge on any atom is -0.481 e. The first kappa shape index (κ1) is 15.6. The average molecular weight is 315 g/mol. The SMILES string of the molecule is CCCc1cc2n(c1C(=O)c1ccco1)CCCCC2C(=O)O. The van der Waals surface area contributed by atoms with E-state index in [2.05, 4.69) is 6.92 Å². The molecule has 0 aromatic carbocycles. The third-order valence-electron chi connectivity index (χ3n) is 4.47. The standard InChI is InChI=1S/C18H21NO4/c1-2-6-12-11-14-13(18(21)22)7-3-4-9-19(14)16(12)17(20)15-8-5-10-23-15/h5,8,10-11,13H,2-4,6-7,9H2,1H3,(H,21,22). The predicted molar refractivity (Wildman–Crippen MR) is 84.8 cm³/mol. The Hall–Kier alpha value is -2.30. The molecule has 0 saturated carbocycles. The minimum absolute atomic E-state index is 0.157. The number of furan rings is 1. The van der Waals surface area contributed by atoms with Gasteiger partial charge in [0, 0.05) is 12.2 Å². The molecule has 0 spiro atoms. The first-order valence-electron chi connectivity index (χ1n) is 8.16. The normalized spacial score (nSPS) is 17.5. The zero-order valence-electron chi connectivity index (χ0n) is 13.2. The van der Waals surface area contributed by atoms with Crippen molar-refractivity contribution in [1.82, 2.24) is 4.57 Å². The molecule has 1 aliphatic rings. The summed E-state index contributed by atoms with van der Waals surface area (Å²) in [5.74, 6) is -1.20. The molecular formula is C18H21NO4. The molecule has 2 aromatic heterocycles. The Morgan fingerprint density at radius 1 is 1.39 bits per heavy atom. The molecular weight excluding hydrogens is 294 g/mol. The van der Waals surface area contributed by atoms with E-state index in [1.165, 1.54) is 6.26 Å². The van der Waals surface area contributed by atoms with Gasteiger partial charge in [0.2, 0.25) is 5.78 Å². The van der Waals surface area contributed by atoms with Crippen molar-refractivity contribution in [3.8, 4) is 0 Å². The average Bonchev–Trinajstić information content (AvgIpc) is 3.11. The van der Waals surface area contributed by atoms with Crippen LogP contribution in [0.2, 0.25) is 0 Å². The first-order chi connectivity index (χ1) is 11.1. The predicted octanol–water partition coefficient (Wildman–Crippen LogP) is 3.62. The summed E-state index contributed by atoms with van der Waals surface area (Å²) < 4.78 is 7.19. The van der Waals surface area contributed by atoms with Gasteiger partial charge in [-0.15, -0.1) is 0 Å². The zero-order valence-corrected chi connectivity index (χ0v) is 13.2. The molecule has 1 aliphatic heterocycles. The van der Waals surface area contributed by atoms with Crippen LogP contribution < -0.4 is 0 Å². The van der Waals surface area contributed by atoms with Crippen molar-refractivity contribution in [2.45, 2.75) is 51.5 Å². The van der Waals surface area contributed by atoms with E-state index in [-0.39, 0.29) is 5.78 Å².